The van der Waals surface area contributed by atoms with Gasteiger partial charge in [0.2, 0.25) is 0 Å². The molecule has 0 atom stereocenters. The van der Waals surface area contributed by atoms with Gasteiger partial charge >= 0.3 is 0 Å². The number of carbonyl (C=O) groups is 1. The van der Waals surface area contributed by atoms with Crippen LogP contribution in [0, 0.1) is 11.3 Å². The zero-order chi connectivity index (χ0) is 17.2. The smallest absolute Gasteiger partial charge is 0.289 e. The summed E-state index contributed by atoms with van der Waals surface area (Å²) in [4.78, 5) is 20.9. The summed E-state index contributed by atoms with van der Waals surface area (Å²) in [6.07, 6.45) is 1.50. The molecular weight excluding hydrogens is 316 g/mol. The third kappa shape index (κ3) is 2.81. The molecule has 6 heteroatoms. The quantitative estimate of drug-likeness (QED) is 0.721. The number of furan rings is 1. The van der Waals surface area contributed by atoms with Crippen LogP contribution >= 0.6 is 0 Å². The van der Waals surface area contributed by atoms with E-state index in [1.54, 1.807) is 17.0 Å². The summed E-state index contributed by atoms with van der Waals surface area (Å²) in [5, 5.41) is 10.4. The monoisotopic (exact) mass is 332 g/mol. The largest absolute Gasteiger partial charge is 0.459 e. The number of hydrogen-bond donors (Lipinski definition) is 0. The average Bonchev–Trinajstić information content (AvgIpc) is 3.21. The van der Waals surface area contributed by atoms with E-state index in [1.165, 1.54) is 6.26 Å². The number of hydrogen-bond acceptors (Lipinski definition) is 5. The van der Waals surface area contributed by atoms with Gasteiger partial charge in [-0.15, -0.1) is 0 Å². The second-order valence-electron chi connectivity index (χ2n) is 5.92. The lowest BCUT2D eigenvalue weighted by atomic mass is 10.1. The van der Waals surface area contributed by atoms with Crippen molar-refractivity contribution in [2.45, 2.75) is 0 Å². The second kappa shape index (κ2) is 6.29. The summed E-state index contributed by atoms with van der Waals surface area (Å²) in [5.41, 5.74) is 1.43. The minimum absolute atomic E-state index is 0.100. The number of anilines is 1. The molecule has 1 saturated heterocycles. The molecule has 0 saturated carbocycles. The van der Waals surface area contributed by atoms with Crippen LogP contribution in [0.2, 0.25) is 0 Å². The first-order valence-electron chi connectivity index (χ1n) is 8.14. The molecule has 2 aromatic heterocycles. The van der Waals surface area contributed by atoms with Gasteiger partial charge in [0.15, 0.2) is 5.76 Å². The molecule has 0 bridgehead atoms. The summed E-state index contributed by atoms with van der Waals surface area (Å²) in [5.74, 6) is 0.943. The van der Waals surface area contributed by atoms with Crippen LogP contribution in [0.3, 0.4) is 0 Å². The molecule has 4 rings (SSSR count). The zero-order valence-electron chi connectivity index (χ0n) is 13.6. The molecule has 3 heterocycles. The van der Waals surface area contributed by atoms with Crippen LogP contribution < -0.4 is 4.90 Å². The molecule has 1 aliphatic heterocycles. The van der Waals surface area contributed by atoms with Crippen LogP contribution in [0.25, 0.3) is 10.9 Å². The highest BCUT2D eigenvalue weighted by Gasteiger charge is 2.25. The van der Waals surface area contributed by atoms with E-state index >= 15 is 0 Å². The molecular formula is C19H16N4O2. The number of piperazine rings is 1. The molecule has 1 aliphatic rings. The Balaban J connectivity index is 1.55. The predicted molar refractivity (Wildman–Crippen MR) is 93.3 cm³/mol. The fraction of sp³-hybridized carbons (Fsp3) is 0.211. The second-order valence-corrected chi connectivity index (χ2v) is 5.92. The standard InChI is InChI=1S/C19H16N4O2/c20-13-15-12-14-4-1-2-5-16(14)21-18(15)22-7-9-23(10-8-22)19(24)17-6-3-11-25-17/h1-6,11-12H,7-10H2. The van der Waals surface area contributed by atoms with Crippen LogP contribution in [0.15, 0.2) is 53.1 Å². The Morgan fingerprint density at radius 1 is 1.12 bits per heavy atom. The Labute approximate surface area is 144 Å². The van der Waals surface area contributed by atoms with Crippen LogP contribution in [-0.4, -0.2) is 42.0 Å². The van der Waals surface area contributed by atoms with Gasteiger partial charge in [0, 0.05) is 31.6 Å². The van der Waals surface area contributed by atoms with Gasteiger partial charge in [-0.2, -0.15) is 5.26 Å². The first-order chi connectivity index (χ1) is 12.3. The van der Waals surface area contributed by atoms with Crippen molar-refractivity contribution >= 4 is 22.6 Å². The van der Waals surface area contributed by atoms with Gasteiger partial charge in [-0.25, -0.2) is 4.98 Å². The molecule has 124 valence electrons. The highest BCUT2D eigenvalue weighted by atomic mass is 16.3. The zero-order valence-corrected chi connectivity index (χ0v) is 13.6. The summed E-state index contributed by atoms with van der Waals surface area (Å²) in [6.45, 7) is 2.40. The van der Waals surface area contributed by atoms with Crippen LogP contribution in [0.5, 0.6) is 0 Å². The fourth-order valence-electron chi connectivity index (χ4n) is 3.11. The van der Waals surface area contributed by atoms with Gasteiger partial charge in [0.1, 0.15) is 11.9 Å². The maximum Gasteiger partial charge on any atom is 0.289 e. The number of nitriles is 1. The van der Waals surface area contributed by atoms with Crippen molar-refractivity contribution in [1.29, 1.82) is 5.26 Å². The maximum atomic E-state index is 12.3. The van der Waals surface area contributed by atoms with E-state index < -0.39 is 0 Å². The first-order valence-corrected chi connectivity index (χ1v) is 8.14. The molecule has 1 aromatic carbocycles. The van der Waals surface area contributed by atoms with Gasteiger partial charge in [-0.3, -0.25) is 4.79 Å². The number of carbonyl (C=O) groups excluding carboxylic acids is 1. The van der Waals surface area contributed by atoms with E-state index in [0.29, 0.717) is 43.3 Å². The maximum absolute atomic E-state index is 12.3. The number of amides is 1. The van der Waals surface area contributed by atoms with Gasteiger partial charge in [0.05, 0.1) is 17.3 Å². The van der Waals surface area contributed by atoms with E-state index in [-0.39, 0.29) is 5.91 Å². The summed E-state index contributed by atoms with van der Waals surface area (Å²) >= 11 is 0. The van der Waals surface area contributed by atoms with Gasteiger partial charge in [0.25, 0.3) is 5.91 Å². The SMILES string of the molecule is N#Cc1cc2ccccc2nc1N1CCN(C(=O)c2ccco2)CC1. The summed E-state index contributed by atoms with van der Waals surface area (Å²) < 4.78 is 5.18. The number of fused-ring (bicyclic) bond motifs is 1. The Morgan fingerprint density at radius 2 is 1.92 bits per heavy atom. The predicted octanol–water partition coefficient (Wildman–Crippen LogP) is 2.66. The number of para-hydroxylation sites is 1. The highest BCUT2D eigenvalue weighted by molar-refractivity contribution is 5.91. The normalized spacial score (nSPS) is 14.5. The number of aromatic nitrogens is 1. The summed E-state index contributed by atoms with van der Waals surface area (Å²) in [6, 6.07) is 15.3. The molecule has 0 unspecified atom stereocenters. The van der Waals surface area contributed by atoms with Crippen molar-refractivity contribution in [2.24, 2.45) is 0 Å². The van der Waals surface area contributed by atoms with E-state index in [2.05, 4.69) is 16.0 Å². The first kappa shape index (κ1) is 15.2. The van der Waals surface area contributed by atoms with Gasteiger partial charge < -0.3 is 14.2 Å². The molecule has 1 fully saturated rings. The molecule has 0 N–H and O–H groups in total. The molecule has 6 nitrogen and oxygen atoms in total. The van der Waals surface area contributed by atoms with E-state index in [4.69, 9.17) is 4.42 Å². The third-order valence-electron chi connectivity index (χ3n) is 4.42. The van der Waals surface area contributed by atoms with Crippen molar-refractivity contribution in [3.05, 3.63) is 60.1 Å². The van der Waals surface area contributed by atoms with E-state index in [0.717, 1.165) is 10.9 Å². The number of pyridine rings is 1. The third-order valence-corrected chi connectivity index (χ3v) is 4.42. The molecule has 1 amide bonds. The van der Waals surface area contributed by atoms with Crippen LogP contribution in [0.4, 0.5) is 5.82 Å². The molecule has 0 spiro atoms. The van der Waals surface area contributed by atoms with Gasteiger partial charge in [-0.1, -0.05) is 18.2 Å². The summed E-state index contributed by atoms with van der Waals surface area (Å²) in [7, 11) is 0. The minimum atomic E-state index is -0.100. The van der Waals surface area contributed by atoms with Crippen LogP contribution in [0.1, 0.15) is 16.1 Å². The van der Waals surface area contributed by atoms with E-state index in [1.807, 2.05) is 30.3 Å². The van der Waals surface area contributed by atoms with Crippen molar-refractivity contribution in [1.82, 2.24) is 9.88 Å². The number of rotatable bonds is 2. The van der Waals surface area contributed by atoms with Crippen molar-refractivity contribution < 1.29 is 9.21 Å². The van der Waals surface area contributed by atoms with Crippen molar-refractivity contribution in [3.8, 4) is 6.07 Å². The number of nitrogens with zero attached hydrogens (tertiary/aromatic N) is 4. The Morgan fingerprint density at radius 3 is 2.64 bits per heavy atom. The Bertz CT molecular complexity index is 951. The number of benzene rings is 1. The molecule has 0 radical (unpaired) electrons. The molecule has 3 aromatic rings. The molecule has 0 aliphatic carbocycles. The molecule has 25 heavy (non-hydrogen) atoms. The van der Waals surface area contributed by atoms with Crippen molar-refractivity contribution in [2.75, 3.05) is 31.1 Å². The minimum Gasteiger partial charge on any atom is -0.459 e. The topological polar surface area (TPSA) is 73.4 Å². The van der Waals surface area contributed by atoms with Crippen LogP contribution in [-0.2, 0) is 0 Å². The average molecular weight is 332 g/mol. The lowest BCUT2D eigenvalue weighted by molar-refractivity contribution is 0.0714. The van der Waals surface area contributed by atoms with Gasteiger partial charge in [-0.05, 0) is 24.3 Å². The Hall–Kier alpha value is -3.33. The lowest BCUT2D eigenvalue weighted by Gasteiger charge is -2.35. The van der Waals surface area contributed by atoms with E-state index in [9.17, 15) is 10.1 Å². The highest BCUT2D eigenvalue weighted by Crippen LogP contribution is 2.24. The fourth-order valence-corrected chi connectivity index (χ4v) is 3.11. The van der Waals surface area contributed by atoms with Crippen molar-refractivity contribution in [3.63, 3.8) is 0 Å². The Kier molecular flexibility index (Phi) is 3.82. The lowest BCUT2D eigenvalue weighted by Crippen LogP contribution is -2.49.